The molecule has 1 aromatic carbocycles. The zero-order valence-electron chi connectivity index (χ0n) is 16.0. The summed E-state index contributed by atoms with van der Waals surface area (Å²) in [4.78, 5) is 36.5. The fraction of sp³-hybridized carbons (Fsp3) is 0.500. The van der Waals surface area contributed by atoms with Gasteiger partial charge < -0.3 is 9.84 Å². The second-order valence-electron chi connectivity index (χ2n) is 6.60. The first-order valence-corrected chi connectivity index (χ1v) is 9.40. The quantitative estimate of drug-likeness (QED) is 0.691. The van der Waals surface area contributed by atoms with E-state index in [4.69, 9.17) is 15.1 Å². The first-order valence-electron chi connectivity index (χ1n) is 9.40. The van der Waals surface area contributed by atoms with E-state index in [1.165, 1.54) is 10.0 Å². The summed E-state index contributed by atoms with van der Waals surface area (Å²) < 4.78 is 5.61. The summed E-state index contributed by atoms with van der Waals surface area (Å²) in [5.74, 6) is -1.63. The number of hydrogen-bond donors (Lipinski definition) is 1. The van der Waals surface area contributed by atoms with Crippen molar-refractivity contribution in [2.75, 3.05) is 19.7 Å². The van der Waals surface area contributed by atoms with Crippen LogP contribution in [-0.4, -0.2) is 58.7 Å². The van der Waals surface area contributed by atoms with Crippen molar-refractivity contribution in [3.63, 3.8) is 0 Å². The minimum Gasteiger partial charge on any atom is -0.481 e. The van der Waals surface area contributed by atoms with Crippen LogP contribution in [0.4, 0.5) is 0 Å². The maximum absolute atomic E-state index is 12.9. The molecule has 0 spiro atoms. The number of amides is 2. The van der Waals surface area contributed by atoms with E-state index in [1.54, 1.807) is 24.3 Å². The average Bonchev–Trinajstić information content (AvgIpc) is 2.69. The van der Waals surface area contributed by atoms with Gasteiger partial charge in [-0.1, -0.05) is 25.5 Å². The Bertz CT molecular complexity index is 741. The third-order valence-electron chi connectivity index (χ3n) is 4.52. The Hall–Kier alpha value is -2.92. The predicted molar refractivity (Wildman–Crippen MR) is 99.8 cm³/mol. The van der Waals surface area contributed by atoms with E-state index in [2.05, 4.69) is 0 Å². The number of hydrogen-bond acceptors (Lipinski definition) is 5. The molecular formula is C20H25N3O5. The van der Waals surface area contributed by atoms with E-state index in [1.807, 2.05) is 13.0 Å². The van der Waals surface area contributed by atoms with E-state index >= 15 is 0 Å². The Kier molecular flexibility index (Phi) is 7.96. The van der Waals surface area contributed by atoms with E-state index in [-0.39, 0.29) is 44.4 Å². The van der Waals surface area contributed by atoms with Gasteiger partial charge in [-0.15, -0.1) is 0 Å². The van der Waals surface area contributed by atoms with Gasteiger partial charge in [-0.3, -0.25) is 19.4 Å². The smallest absolute Gasteiger partial charge is 0.305 e. The first kappa shape index (κ1) is 21.4. The van der Waals surface area contributed by atoms with Gasteiger partial charge in [0.25, 0.3) is 5.91 Å². The molecule has 28 heavy (non-hydrogen) atoms. The van der Waals surface area contributed by atoms with Gasteiger partial charge in [0, 0.05) is 12.8 Å². The van der Waals surface area contributed by atoms with Gasteiger partial charge in [-0.05, 0) is 24.1 Å². The third-order valence-corrected chi connectivity index (χ3v) is 4.52. The minimum absolute atomic E-state index is 0.0484. The SMILES string of the molecule is CCCCC(=O)N(CCC(=O)O)N1CCOC(Cc2ccc(C#N)cc2)C1=O. The van der Waals surface area contributed by atoms with E-state index in [0.717, 1.165) is 12.0 Å². The Morgan fingerprint density at radius 3 is 2.64 bits per heavy atom. The van der Waals surface area contributed by atoms with Crippen molar-refractivity contribution >= 4 is 17.8 Å². The maximum Gasteiger partial charge on any atom is 0.305 e. The highest BCUT2D eigenvalue weighted by atomic mass is 16.5. The number of hydrazine groups is 1. The van der Waals surface area contributed by atoms with Crippen molar-refractivity contribution in [2.45, 2.75) is 45.1 Å². The van der Waals surface area contributed by atoms with Gasteiger partial charge >= 0.3 is 5.97 Å². The molecule has 1 heterocycles. The molecule has 1 N–H and O–H groups in total. The molecule has 8 heteroatoms. The van der Waals surface area contributed by atoms with Crippen LogP contribution in [0.1, 0.15) is 43.7 Å². The van der Waals surface area contributed by atoms with Crippen molar-refractivity contribution in [3.05, 3.63) is 35.4 Å². The predicted octanol–water partition coefficient (Wildman–Crippen LogP) is 1.74. The fourth-order valence-electron chi connectivity index (χ4n) is 2.98. The molecule has 8 nitrogen and oxygen atoms in total. The van der Waals surface area contributed by atoms with Gasteiger partial charge in [0.1, 0.15) is 6.10 Å². The molecule has 0 bridgehead atoms. The van der Waals surface area contributed by atoms with Crippen LogP contribution < -0.4 is 0 Å². The zero-order valence-corrected chi connectivity index (χ0v) is 16.0. The van der Waals surface area contributed by atoms with Crippen molar-refractivity contribution in [2.24, 2.45) is 0 Å². The highest BCUT2D eigenvalue weighted by molar-refractivity contribution is 5.85. The van der Waals surface area contributed by atoms with Crippen molar-refractivity contribution < 1.29 is 24.2 Å². The van der Waals surface area contributed by atoms with Crippen LogP contribution in [0.15, 0.2) is 24.3 Å². The van der Waals surface area contributed by atoms with Crippen LogP contribution in [0.25, 0.3) is 0 Å². The first-order chi connectivity index (χ1) is 13.5. The molecule has 0 aromatic heterocycles. The summed E-state index contributed by atoms with van der Waals surface area (Å²) in [5, 5.41) is 20.5. The molecule has 0 radical (unpaired) electrons. The molecule has 1 aromatic rings. The number of morpholine rings is 1. The van der Waals surface area contributed by atoms with E-state index < -0.39 is 12.1 Å². The molecule has 1 atom stereocenters. The zero-order chi connectivity index (χ0) is 20.5. The molecule has 1 unspecified atom stereocenters. The summed E-state index contributed by atoms with van der Waals surface area (Å²) >= 11 is 0. The van der Waals surface area contributed by atoms with Gasteiger partial charge in [0.05, 0.1) is 37.7 Å². The number of carboxylic acid groups (broad SMARTS) is 1. The number of nitrogens with zero attached hydrogens (tertiary/aromatic N) is 3. The Morgan fingerprint density at radius 1 is 1.32 bits per heavy atom. The number of unbranched alkanes of at least 4 members (excludes halogenated alkanes) is 1. The highest BCUT2D eigenvalue weighted by Crippen LogP contribution is 2.17. The van der Waals surface area contributed by atoms with Gasteiger partial charge in [-0.2, -0.15) is 5.26 Å². The number of aliphatic carboxylic acids is 1. The van der Waals surface area contributed by atoms with Crippen LogP contribution in [0.2, 0.25) is 0 Å². The lowest BCUT2D eigenvalue weighted by Crippen LogP contribution is -2.58. The lowest BCUT2D eigenvalue weighted by molar-refractivity contribution is -0.184. The molecule has 1 fully saturated rings. The van der Waals surface area contributed by atoms with E-state index in [9.17, 15) is 14.4 Å². The molecule has 2 amide bonds. The summed E-state index contributed by atoms with van der Waals surface area (Å²) in [6.07, 6.45) is 1.10. The molecule has 1 aliphatic heterocycles. The second kappa shape index (κ2) is 10.4. The number of rotatable bonds is 9. The number of carboxylic acids is 1. The molecule has 0 aliphatic carbocycles. The largest absolute Gasteiger partial charge is 0.481 e. The van der Waals surface area contributed by atoms with Crippen LogP contribution in [0.3, 0.4) is 0 Å². The number of benzene rings is 1. The van der Waals surface area contributed by atoms with Crippen LogP contribution >= 0.6 is 0 Å². The topological polar surface area (TPSA) is 111 Å². The standard InChI is InChI=1S/C20H25N3O5/c1-2-3-4-18(24)22(10-9-19(25)26)23-11-12-28-17(20(23)27)13-15-5-7-16(14-21)8-6-15/h5-8,17H,2-4,9-13H2,1H3,(H,25,26). The monoisotopic (exact) mass is 387 g/mol. The number of nitriles is 1. The Morgan fingerprint density at radius 2 is 2.04 bits per heavy atom. The summed E-state index contributed by atoms with van der Waals surface area (Å²) in [6.45, 7) is 2.38. The lowest BCUT2D eigenvalue weighted by atomic mass is 10.0. The molecule has 1 aliphatic rings. The molecular weight excluding hydrogens is 362 g/mol. The molecule has 150 valence electrons. The maximum atomic E-state index is 12.9. The molecule has 0 saturated carbocycles. The Balaban J connectivity index is 2.11. The van der Waals surface area contributed by atoms with Crippen LogP contribution in [-0.2, 0) is 25.5 Å². The van der Waals surface area contributed by atoms with Gasteiger partial charge in [0.15, 0.2) is 0 Å². The van der Waals surface area contributed by atoms with Crippen molar-refractivity contribution in [1.82, 2.24) is 10.0 Å². The Labute approximate surface area is 164 Å². The van der Waals surface area contributed by atoms with Gasteiger partial charge in [0.2, 0.25) is 5.91 Å². The van der Waals surface area contributed by atoms with Gasteiger partial charge in [-0.25, -0.2) is 5.01 Å². The average molecular weight is 387 g/mol. The number of ether oxygens (including phenoxy) is 1. The minimum atomic E-state index is -1.02. The molecule has 1 saturated heterocycles. The summed E-state index contributed by atoms with van der Waals surface area (Å²) in [6, 6.07) is 8.92. The van der Waals surface area contributed by atoms with Crippen molar-refractivity contribution in [1.29, 1.82) is 5.26 Å². The normalized spacial score (nSPS) is 16.5. The third kappa shape index (κ3) is 5.79. The van der Waals surface area contributed by atoms with Crippen LogP contribution in [0, 0.1) is 11.3 Å². The summed E-state index contributed by atoms with van der Waals surface area (Å²) in [5.41, 5.74) is 1.37. The number of carbonyl (C=O) groups is 3. The summed E-state index contributed by atoms with van der Waals surface area (Å²) in [7, 11) is 0. The lowest BCUT2D eigenvalue weighted by Gasteiger charge is -2.40. The van der Waals surface area contributed by atoms with Crippen molar-refractivity contribution in [3.8, 4) is 6.07 Å². The highest BCUT2D eigenvalue weighted by Gasteiger charge is 2.35. The fourth-order valence-corrected chi connectivity index (χ4v) is 2.98. The van der Waals surface area contributed by atoms with E-state index in [0.29, 0.717) is 18.4 Å². The second-order valence-corrected chi connectivity index (χ2v) is 6.60. The van der Waals surface area contributed by atoms with Crippen LogP contribution in [0.5, 0.6) is 0 Å². The number of carbonyl (C=O) groups excluding carboxylic acids is 2. The molecule has 2 rings (SSSR count).